The van der Waals surface area contributed by atoms with Crippen LogP contribution in [0, 0.1) is 22.7 Å². The number of carbonyl (C=O) groups is 1. The molecule has 0 heterocycles. The fraction of sp³-hybridized carbons (Fsp3) is 0.923. The quantitative estimate of drug-likeness (QED) is 0.671. The minimum atomic E-state index is 0.182. The van der Waals surface area contributed by atoms with Crippen LogP contribution >= 0.6 is 0 Å². The van der Waals surface area contributed by atoms with Gasteiger partial charge in [-0.15, -0.1) is 0 Å². The van der Waals surface area contributed by atoms with E-state index in [1.54, 1.807) is 0 Å². The fourth-order valence-corrected chi connectivity index (χ4v) is 3.95. The summed E-state index contributed by atoms with van der Waals surface area (Å²) >= 11 is 0. The molecule has 0 bridgehead atoms. The highest BCUT2D eigenvalue weighted by molar-refractivity contribution is 5.92. The summed E-state index contributed by atoms with van der Waals surface area (Å²) in [5.41, 5.74) is 0.618. The van der Waals surface area contributed by atoms with Crippen molar-refractivity contribution in [3.05, 3.63) is 0 Å². The van der Waals surface area contributed by atoms with E-state index >= 15 is 0 Å². The van der Waals surface area contributed by atoms with Crippen LogP contribution in [0.15, 0.2) is 0 Å². The van der Waals surface area contributed by atoms with Crippen LogP contribution in [-0.4, -0.2) is 5.78 Å². The minimum Gasteiger partial charge on any atom is -0.299 e. The Bertz CT molecular complexity index is 296. The molecule has 0 amide bonds. The highest BCUT2D eigenvalue weighted by Gasteiger charge is 2.72. The maximum Gasteiger partial charge on any atom is 0.139 e. The second-order valence-electron chi connectivity index (χ2n) is 6.11. The van der Waals surface area contributed by atoms with Crippen molar-refractivity contribution in [2.75, 3.05) is 0 Å². The van der Waals surface area contributed by atoms with E-state index in [-0.39, 0.29) is 5.41 Å². The van der Waals surface area contributed by atoms with Gasteiger partial charge in [0.25, 0.3) is 0 Å². The number of fused-ring (bicyclic) bond motifs is 1. The van der Waals surface area contributed by atoms with Crippen molar-refractivity contribution in [3.8, 4) is 0 Å². The molecule has 3 aliphatic carbocycles. The monoisotopic (exact) mass is 192 g/mol. The first-order valence-electron chi connectivity index (χ1n) is 6.15. The molecule has 1 nitrogen and oxygen atoms in total. The molecule has 78 valence electrons. The SMILES string of the molecule is CC[C@H]1C[C@H]1C[C@]12C[C@@]1(C)CCC2=O. The summed E-state index contributed by atoms with van der Waals surface area (Å²) in [6, 6.07) is 0. The average Bonchev–Trinajstić information content (AvgIpc) is 3.00. The average molecular weight is 192 g/mol. The second-order valence-corrected chi connectivity index (χ2v) is 6.11. The molecule has 3 rings (SSSR count). The molecule has 0 saturated heterocycles. The molecule has 1 heteroatoms. The number of carbonyl (C=O) groups excluding carboxylic acids is 1. The maximum absolute atomic E-state index is 11.9. The van der Waals surface area contributed by atoms with E-state index in [0.29, 0.717) is 11.2 Å². The molecule has 0 aliphatic heterocycles. The van der Waals surface area contributed by atoms with Crippen LogP contribution in [0.3, 0.4) is 0 Å². The highest BCUT2D eigenvalue weighted by Crippen LogP contribution is 2.75. The van der Waals surface area contributed by atoms with Crippen LogP contribution in [0.4, 0.5) is 0 Å². The van der Waals surface area contributed by atoms with Crippen LogP contribution in [0.1, 0.15) is 52.4 Å². The largest absolute Gasteiger partial charge is 0.299 e. The third-order valence-electron chi connectivity index (χ3n) is 5.36. The van der Waals surface area contributed by atoms with E-state index in [9.17, 15) is 4.79 Å². The molecule has 0 spiro atoms. The van der Waals surface area contributed by atoms with E-state index in [2.05, 4.69) is 13.8 Å². The number of hydrogen-bond donors (Lipinski definition) is 0. The molecular weight excluding hydrogens is 172 g/mol. The van der Waals surface area contributed by atoms with Gasteiger partial charge in [-0.05, 0) is 42.9 Å². The van der Waals surface area contributed by atoms with E-state index < -0.39 is 0 Å². The summed E-state index contributed by atoms with van der Waals surface area (Å²) in [5.74, 6) is 2.47. The molecule has 0 radical (unpaired) electrons. The Balaban J connectivity index is 1.71. The molecule has 0 N–H and O–H groups in total. The van der Waals surface area contributed by atoms with Gasteiger partial charge in [-0.25, -0.2) is 0 Å². The Labute approximate surface area is 86.3 Å². The first-order chi connectivity index (χ1) is 6.61. The lowest BCUT2D eigenvalue weighted by Crippen LogP contribution is -2.15. The number of rotatable bonds is 3. The summed E-state index contributed by atoms with van der Waals surface area (Å²) in [5, 5.41) is 0. The molecular formula is C13H20O. The van der Waals surface area contributed by atoms with E-state index in [0.717, 1.165) is 18.3 Å². The van der Waals surface area contributed by atoms with E-state index in [4.69, 9.17) is 0 Å². The van der Waals surface area contributed by atoms with Gasteiger partial charge in [0.1, 0.15) is 5.78 Å². The summed E-state index contributed by atoms with van der Waals surface area (Å²) in [7, 11) is 0. The van der Waals surface area contributed by atoms with Crippen LogP contribution in [-0.2, 0) is 4.79 Å². The Morgan fingerprint density at radius 1 is 1.43 bits per heavy atom. The summed E-state index contributed by atoms with van der Waals surface area (Å²) < 4.78 is 0. The summed E-state index contributed by atoms with van der Waals surface area (Å²) in [6.45, 7) is 4.62. The fourth-order valence-electron chi connectivity index (χ4n) is 3.95. The van der Waals surface area contributed by atoms with Crippen molar-refractivity contribution in [3.63, 3.8) is 0 Å². The molecule has 3 saturated carbocycles. The maximum atomic E-state index is 11.9. The predicted molar refractivity (Wildman–Crippen MR) is 55.9 cm³/mol. The molecule has 0 aromatic carbocycles. The third kappa shape index (κ3) is 0.936. The zero-order valence-corrected chi connectivity index (χ0v) is 9.31. The zero-order chi connectivity index (χ0) is 9.97. The van der Waals surface area contributed by atoms with Gasteiger partial charge in [0, 0.05) is 11.8 Å². The number of Topliss-reactive ketones (excluding diaryl/α,β-unsaturated/α-hetero) is 1. The molecule has 3 fully saturated rings. The van der Waals surface area contributed by atoms with Crippen molar-refractivity contribution in [1.82, 2.24) is 0 Å². The Morgan fingerprint density at radius 2 is 2.21 bits per heavy atom. The lowest BCUT2D eigenvalue weighted by atomic mass is 9.90. The van der Waals surface area contributed by atoms with Crippen LogP contribution < -0.4 is 0 Å². The molecule has 4 atom stereocenters. The first kappa shape index (κ1) is 8.94. The molecule has 14 heavy (non-hydrogen) atoms. The standard InChI is InChI=1S/C13H20O/c1-3-9-6-10(9)7-13-8-12(13,2)5-4-11(13)14/h9-10H,3-8H2,1-2H3/t9-,10-,12+,13+/m0/s1. The third-order valence-corrected chi connectivity index (χ3v) is 5.36. The van der Waals surface area contributed by atoms with Gasteiger partial charge in [-0.1, -0.05) is 20.3 Å². The van der Waals surface area contributed by atoms with Crippen molar-refractivity contribution < 1.29 is 4.79 Å². The van der Waals surface area contributed by atoms with Crippen LogP contribution in [0.25, 0.3) is 0 Å². The number of ketones is 1. The lowest BCUT2D eigenvalue weighted by molar-refractivity contribution is -0.123. The lowest BCUT2D eigenvalue weighted by Gasteiger charge is -2.12. The normalized spacial score (nSPS) is 54.6. The van der Waals surface area contributed by atoms with Gasteiger partial charge in [0.15, 0.2) is 0 Å². The van der Waals surface area contributed by atoms with Gasteiger partial charge < -0.3 is 0 Å². The Kier molecular flexibility index (Phi) is 1.55. The highest BCUT2D eigenvalue weighted by atomic mass is 16.1. The number of hydrogen-bond acceptors (Lipinski definition) is 1. The van der Waals surface area contributed by atoms with Crippen molar-refractivity contribution in [2.45, 2.75) is 52.4 Å². The van der Waals surface area contributed by atoms with Gasteiger partial charge in [0.05, 0.1) is 0 Å². The van der Waals surface area contributed by atoms with Crippen molar-refractivity contribution >= 4 is 5.78 Å². The van der Waals surface area contributed by atoms with Crippen molar-refractivity contribution in [2.24, 2.45) is 22.7 Å². The Hall–Kier alpha value is -0.330. The summed E-state index contributed by atoms with van der Waals surface area (Å²) in [4.78, 5) is 11.9. The van der Waals surface area contributed by atoms with Gasteiger partial charge >= 0.3 is 0 Å². The molecule has 3 aliphatic rings. The van der Waals surface area contributed by atoms with Gasteiger partial charge in [-0.2, -0.15) is 0 Å². The zero-order valence-electron chi connectivity index (χ0n) is 9.31. The van der Waals surface area contributed by atoms with Gasteiger partial charge in [0.2, 0.25) is 0 Å². The smallest absolute Gasteiger partial charge is 0.139 e. The molecule has 0 aromatic rings. The first-order valence-corrected chi connectivity index (χ1v) is 6.15. The van der Waals surface area contributed by atoms with Crippen LogP contribution in [0.5, 0.6) is 0 Å². The van der Waals surface area contributed by atoms with Gasteiger partial charge in [-0.3, -0.25) is 4.79 Å². The topological polar surface area (TPSA) is 17.1 Å². The Morgan fingerprint density at radius 3 is 2.64 bits per heavy atom. The van der Waals surface area contributed by atoms with Crippen molar-refractivity contribution in [1.29, 1.82) is 0 Å². The van der Waals surface area contributed by atoms with Crippen LogP contribution in [0.2, 0.25) is 0 Å². The summed E-state index contributed by atoms with van der Waals surface area (Å²) in [6.07, 6.45) is 7.23. The van der Waals surface area contributed by atoms with E-state index in [1.807, 2.05) is 0 Å². The second kappa shape index (κ2) is 2.43. The minimum absolute atomic E-state index is 0.182. The van der Waals surface area contributed by atoms with E-state index in [1.165, 1.54) is 32.1 Å². The molecule has 0 aromatic heterocycles. The predicted octanol–water partition coefficient (Wildman–Crippen LogP) is 3.18. The molecule has 0 unspecified atom stereocenters.